The van der Waals surface area contributed by atoms with Gasteiger partial charge in [-0.05, 0) is 39.8 Å². The van der Waals surface area contributed by atoms with Crippen LogP contribution in [-0.4, -0.2) is 65.1 Å². The number of halogens is 2. The average molecular weight is 622 g/mol. The number of rotatable bonds is 11. The quantitative estimate of drug-likeness (QED) is 0.210. The van der Waals surface area contributed by atoms with Crippen molar-refractivity contribution in [1.82, 2.24) is 30.2 Å². The third-order valence-corrected chi connectivity index (χ3v) is 8.18. The fourth-order valence-electron chi connectivity index (χ4n) is 5.25. The summed E-state index contributed by atoms with van der Waals surface area (Å²) in [5, 5.41) is 4.00. The zero-order valence-corrected chi connectivity index (χ0v) is 26.2. The largest absolute Gasteiger partial charge is 0.480 e. The van der Waals surface area contributed by atoms with Crippen LogP contribution < -0.4 is 14.8 Å². The summed E-state index contributed by atoms with van der Waals surface area (Å²) < 4.78 is 11.1. The molecule has 2 aromatic carbocycles. The topological polar surface area (TPSA) is 102 Å². The smallest absolute Gasteiger partial charge is 0.237 e. The van der Waals surface area contributed by atoms with Crippen LogP contribution in [0.15, 0.2) is 48.8 Å². The standard InChI is InChI=1S/C32H34Cl2N6O3/c1-40(2)18-27-32(43-4)39-26(17-36-27)23-12-7-10-21(30(23)34)20-9-6-11-22(29(20)33)25-16-35-24(31(38-25)42-3)13-5-8-19-14-15-28(41)37-19/h6-7,9-12,16-17,19H,5,8,13-15,18H2,1-4H3,(H,37,41)/t19-/m1/s1. The lowest BCUT2D eigenvalue weighted by Crippen LogP contribution is -2.25. The van der Waals surface area contributed by atoms with Gasteiger partial charge in [0.15, 0.2) is 0 Å². The molecule has 1 atom stereocenters. The molecule has 1 N–H and O–H groups in total. The number of aromatic nitrogens is 4. The van der Waals surface area contributed by atoms with Crippen molar-refractivity contribution in [3.05, 3.63) is 70.2 Å². The molecular formula is C32H34Cl2N6O3. The Morgan fingerprint density at radius 1 is 0.860 bits per heavy atom. The first-order valence-corrected chi connectivity index (χ1v) is 14.9. The van der Waals surface area contributed by atoms with Crippen molar-refractivity contribution in [3.63, 3.8) is 0 Å². The molecule has 0 bridgehead atoms. The highest BCUT2D eigenvalue weighted by Crippen LogP contribution is 2.42. The number of benzene rings is 2. The molecule has 9 nitrogen and oxygen atoms in total. The van der Waals surface area contributed by atoms with Gasteiger partial charge in [0.2, 0.25) is 17.7 Å². The summed E-state index contributed by atoms with van der Waals surface area (Å²) in [5.74, 6) is 1.04. The Balaban J connectivity index is 1.42. The van der Waals surface area contributed by atoms with E-state index in [1.54, 1.807) is 26.6 Å². The lowest BCUT2D eigenvalue weighted by molar-refractivity contribution is -0.119. The van der Waals surface area contributed by atoms with E-state index < -0.39 is 0 Å². The lowest BCUT2D eigenvalue weighted by atomic mass is 9.98. The van der Waals surface area contributed by atoms with Crippen LogP contribution in [0.3, 0.4) is 0 Å². The lowest BCUT2D eigenvalue weighted by Gasteiger charge is -2.15. The maximum Gasteiger partial charge on any atom is 0.237 e. The number of hydrogen-bond donors (Lipinski definition) is 1. The molecule has 224 valence electrons. The van der Waals surface area contributed by atoms with Gasteiger partial charge >= 0.3 is 0 Å². The minimum Gasteiger partial charge on any atom is -0.480 e. The van der Waals surface area contributed by atoms with Gasteiger partial charge in [0.25, 0.3) is 0 Å². The molecule has 4 aromatic rings. The van der Waals surface area contributed by atoms with Crippen LogP contribution in [0.5, 0.6) is 11.8 Å². The third-order valence-electron chi connectivity index (χ3n) is 7.37. The fraction of sp³-hybridized carbons (Fsp3) is 0.344. The Hall–Kier alpha value is -3.79. The van der Waals surface area contributed by atoms with E-state index in [4.69, 9.17) is 42.6 Å². The maximum absolute atomic E-state index is 11.5. The van der Waals surface area contributed by atoms with E-state index in [0.29, 0.717) is 63.7 Å². The fourth-order valence-corrected chi connectivity index (χ4v) is 5.89. The van der Waals surface area contributed by atoms with E-state index in [-0.39, 0.29) is 11.9 Å². The number of methoxy groups -OCH3 is 2. The first-order valence-electron chi connectivity index (χ1n) is 14.1. The number of hydrogen-bond acceptors (Lipinski definition) is 8. The second-order valence-electron chi connectivity index (χ2n) is 10.7. The summed E-state index contributed by atoms with van der Waals surface area (Å²) in [6, 6.07) is 11.7. The molecule has 0 aliphatic carbocycles. The van der Waals surface area contributed by atoms with Crippen LogP contribution in [0.4, 0.5) is 0 Å². The van der Waals surface area contributed by atoms with Crippen LogP contribution in [0, 0.1) is 0 Å². The Labute approximate surface area is 261 Å². The highest BCUT2D eigenvalue weighted by molar-refractivity contribution is 6.39. The van der Waals surface area contributed by atoms with E-state index in [0.717, 1.165) is 41.8 Å². The second-order valence-corrected chi connectivity index (χ2v) is 11.4. The van der Waals surface area contributed by atoms with Crippen LogP contribution in [0.25, 0.3) is 33.6 Å². The first kappa shape index (κ1) is 30.7. The minimum atomic E-state index is 0.127. The van der Waals surface area contributed by atoms with Gasteiger partial charge in [-0.2, -0.15) is 0 Å². The number of carbonyl (C=O) groups is 1. The van der Waals surface area contributed by atoms with Crippen molar-refractivity contribution in [2.75, 3.05) is 28.3 Å². The van der Waals surface area contributed by atoms with Crippen molar-refractivity contribution in [1.29, 1.82) is 0 Å². The SMILES string of the molecule is COc1nc(-c2cccc(-c3cccc(-c4cnc(CN(C)C)c(OC)n4)c3Cl)c2Cl)cnc1CCC[C@@H]1CCC(=O)N1. The van der Waals surface area contributed by atoms with Gasteiger partial charge in [0.1, 0.15) is 11.4 Å². The minimum absolute atomic E-state index is 0.127. The van der Waals surface area contributed by atoms with E-state index in [2.05, 4.69) is 15.3 Å². The van der Waals surface area contributed by atoms with Gasteiger partial charge < -0.3 is 19.7 Å². The number of ether oxygens (including phenoxy) is 2. The Morgan fingerprint density at radius 3 is 1.91 bits per heavy atom. The highest BCUT2D eigenvalue weighted by atomic mass is 35.5. The number of carbonyl (C=O) groups excluding carboxylic acids is 1. The molecule has 0 saturated carbocycles. The number of nitrogens with one attached hydrogen (secondary N) is 1. The van der Waals surface area contributed by atoms with Crippen LogP contribution >= 0.6 is 23.2 Å². The Morgan fingerprint density at radius 2 is 1.40 bits per heavy atom. The molecule has 1 fully saturated rings. The molecule has 3 heterocycles. The van der Waals surface area contributed by atoms with Crippen molar-refractivity contribution >= 4 is 29.1 Å². The van der Waals surface area contributed by atoms with Crippen LogP contribution in [0.1, 0.15) is 37.1 Å². The van der Waals surface area contributed by atoms with Gasteiger partial charge in [-0.25, -0.2) is 9.97 Å². The van der Waals surface area contributed by atoms with Crippen molar-refractivity contribution < 1.29 is 14.3 Å². The van der Waals surface area contributed by atoms with E-state index in [1.165, 1.54) is 0 Å². The summed E-state index contributed by atoms with van der Waals surface area (Å²) in [4.78, 5) is 32.2. The second kappa shape index (κ2) is 13.7. The summed E-state index contributed by atoms with van der Waals surface area (Å²) in [7, 11) is 7.09. The van der Waals surface area contributed by atoms with E-state index in [1.807, 2.05) is 55.4 Å². The van der Waals surface area contributed by atoms with Gasteiger partial charge in [-0.1, -0.05) is 59.6 Å². The van der Waals surface area contributed by atoms with Gasteiger partial charge in [0.05, 0.1) is 48.0 Å². The van der Waals surface area contributed by atoms with Crippen molar-refractivity contribution in [2.45, 2.75) is 44.7 Å². The highest BCUT2D eigenvalue weighted by Gasteiger charge is 2.22. The molecule has 1 saturated heterocycles. The zero-order valence-electron chi connectivity index (χ0n) is 24.7. The maximum atomic E-state index is 11.5. The average Bonchev–Trinajstić information content (AvgIpc) is 3.42. The molecule has 0 unspecified atom stereocenters. The normalized spacial score (nSPS) is 14.7. The molecule has 1 amide bonds. The van der Waals surface area contributed by atoms with Gasteiger partial charge in [0, 0.05) is 41.3 Å². The van der Waals surface area contributed by atoms with E-state index >= 15 is 0 Å². The molecule has 5 rings (SSSR count). The van der Waals surface area contributed by atoms with E-state index in [9.17, 15) is 4.79 Å². The van der Waals surface area contributed by atoms with Crippen molar-refractivity contribution in [3.8, 4) is 45.4 Å². The van der Waals surface area contributed by atoms with Crippen LogP contribution in [-0.2, 0) is 17.8 Å². The van der Waals surface area contributed by atoms with Crippen LogP contribution in [0.2, 0.25) is 10.0 Å². The third kappa shape index (κ3) is 6.90. The molecule has 0 radical (unpaired) electrons. The predicted molar refractivity (Wildman–Crippen MR) is 169 cm³/mol. The summed E-state index contributed by atoms with van der Waals surface area (Å²) in [6.07, 6.45) is 7.37. The monoisotopic (exact) mass is 620 g/mol. The molecule has 0 spiro atoms. The number of amides is 1. The molecule has 11 heteroatoms. The predicted octanol–water partition coefficient (Wildman–Crippen LogP) is 6.25. The zero-order chi connectivity index (χ0) is 30.5. The Bertz CT molecular complexity index is 1630. The number of aryl methyl sites for hydroxylation is 1. The molecule has 43 heavy (non-hydrogen) atoms. The molecule has 1 aliphatic heterocycles. The van der Waals surface area contributed by atoms with Crippen molar-refractivity contribution in [2.24, 2.45) is 0 Å². The summed E-state index contributed by atoms with van der Waals surface area (Å²) in [5.41, 5.74) is 5.62. The first-order chi connectivity index (χ1) is 20.8. The number of nitrogens with zero attached hydrogens (tertiary/aromatic N) is 5. The van der Waals surface area contributed by atoms with Gasteiger partial charge in [-0.3, -0.25) is 14.8 Å². The summed E-state index contributed by atoms with van der Waals surface area (Å²) >= 11 is 14.0. The summed E-state index contributed by atoms with van der Waals surface area (Å²) in [6.45, 7) is 0.599. The Kier molecular flexibility index (Phi) is 9.75. The molecule has 1 aliphatic rings. The molecule has 2 aromatic heterocycles. The molecular weight excluding hydrogens is 587 g/mol. The van der Waals surface area contributed by atoms with Gasteiger partial charge in [-0.15, -0.1) is 0 Å².